The normalized spacial score (nSPS) is 18.9. The first-order valence-electron chi connectivity index (χ1n) is 5.07. The second-order valence-electron chi connectivity index (χ2n) is 3.86. The fourth-order valence-electron chi connectivity index (χ4n) is 1.67. The van der Waals surface area contributed by atoms with Gasteiger partial charge in [0.2, 0.25) is 5.89 Å². The highest BCUT2D eigenvalue weighted by molar-refractivity contribution is 5.28. The molecule has 5 nitrogen and oxygen atoms in total. The summed E-state index contributed by atoms with van der Waals surface area (Å²) in [6.45, 7) is 4.63. The lowest BCUT2D eigenvalue weighted by Crippen LogP contribution is -2.33. The molecular weight excluding hydrogens is 180 g/mol. The monoisotopic (exact) mass is 196 g/mol. The zero-order valence-electron chi connectivity index (χ0n) is 8.44. The summed E-state index contributed by atoms with van der Waals surface area (Å²) in [5, 5.41) is 3.90. The van der Waals surface area contributed by atoms with E-state index in [1.807, 2.05) is 0 Å². The Kier molecular flexibility index (Phi) is 2.67. The number of aromatic nitrogens is 2. The number of hydrogen-bond acceptors (Lipinski definition) is 5. The van der Waals surface area contributed by atoms with Crippen LogP contribution < -0.4 is 10.6 Å². The largest absolute Gasteiger partial charge is 0.338 e. The number of anilines is 1. The van der Waals surface area contributed by atoms with Crippen LogP contribution in [0.15, 0.2) is 4.52 Å². The molecule has 2 N–H and O–H groups in total. The van der Waals surface area contributed by atoms with E-state index >= 15 is 0 Å². The zero-order valence-corrected chi connectivity index (χ0v) is 8.44. The van der Waals surface area contributed by atoms with E-state index in [0.29, 0.717) is 18.4 Å². The molecule has 1 fully saturated rings. The zero-order chi connectivity index (χ0) is 9.97. The number of piperidine rings is 1. The first-order valence-corrected chi connectivity index (χ1v) is 5.07. The van der Waals surface area contributed by atoms with Crippen molar-refractivity contribution in [2.75, 3.05) is 18.0 Å². The minimum absolute atomic E-state index is 0.317. The molecule has 1 aromatic rings. The Balaban J connectivity index is 2.01. The molecule has 1 aliphatic rings. The molecule has 14 heavy (non-hydrogen) atoms. The quantitative estimate of drug-likeness (QED) is 0.756. The summed E-state index contributed by atoms with van der Waals surface area (Å²) in [6, 6.07) is 0. The Labute approximate surface area is 83.3 Å². The minimum atomic E-state index is 0.317. The molecule has 0 radical (unpaired) electrons. The van der Waals surface area contributed by atoms with Crippen molar-refractivity contribution in [1.29, 1.82) is 0 Å². The summed E-state index contributed by atoms with van der Waals surface area (Å²) in [6.07, 6.45) is 2.40. The van der Waals surface area contributed by atoms with Crippen LogP contribution in [-0.2, 0) is 6.54 Å². The van der Waals surface area contributed by atoms with Crippen LogP contribution in [0.25, 0.3) is 0 Å². The van der Waals surface area contributed by atoms with Gasteiger partial charge in [-0.2, -0.15) is 4.98 Å². The third kappa shape index (κ3) is 1.87. The fourth-order valence-corrected chi connectivity index (χ4v) is 1.67. The van der Waals surface area contributed by atoms with Gasteiger partial charge in [-0.3, -0.25) is 0 Å². The Morgan fingerprint density at radius 2 is 2.21 bits per heavy atom. The maximum atomic E-state index is 5.40. The van der Waals surface area contributed by atoms with Crippen molar-refractivity contribution in [3.8, 4) is 0 Å². The van der Waals surface area contributed by atoms with Crippen molar-refractivity contribution in [2.45, 2.75) is 26.3 Å². The van der Waals surface area contributed by atoms with Crippen molar-refractivity contribution in [3.63, 3.8) is 0 Å². The lowest BCUT2D eigenvalue weighted by Gasteiger charge is -2.28. The van der Waals surface area contributed by atoms with E-state index in [4.69, 9.17) is 10.3 Å². The van der Waals surface area contributed by atoms with E-state index in [1.54, 1.807) is 0 Å². The lowest BCUT2D eigenvalue weighted by molar-refractivity contribution is 0.374. The van der Waals surface area contributed by atoms with Gasteiger partial charge in [-0.25, -0.2) is 0 Å². The van der Waals surface area contributed by atoms with Crippen LogP contribution in [0.2, 0.25) is 0 Å². The summed E-state index contributed by atoms with van der Waals surface area (Å²) in [5.74, 6) is 2.02. The third-order valence-electron chi connectivity index (χ3n) is 2.70. The topological polar surface area (TPSA) is 68.2 Å². The van der Waals surface area contributed by atoms with Crippen molar-refractivity contribution in [1.82, 2.24) is 10.1 Å². The van der Waals surface area contributed by atoms with Crippen LogP contribution in [0.5, 0.6) is 0 Å². The molecule has 2 rings (SSSR count). The van der Waals surface area contributed by atoms with Crippen molar-refractivity contribution < 1.29 is 4.52 Å². The highest BCUT2D eigenvalue weighted by atomic mass is 16.5. The highest BCUT2D eigenvalue weighted by Crippen LogP contribution is 2.20. The van der Waals surface area contributed by atoms with Gasteiger partial charge in [-0.15, -0.1) is 0 Å². The van der Waals surface area contributed by atoms with E-state index in [9.17, 15) is 0 Å². The van der Waals surface area contributed by atoms with Gasteiger partial charge in [-0.1, -0.05) is 6.92 Å². The first kappa shape index (κ1) is 9.45. The first-order chi connectivity index (χ1) is 6.79. The van der Waals surface area contributed by atoms with Crippen LogP contribution in [0, 0.1) is 5.92 Å². The van der Waals surface area contributed by atoms with Crippen molar-refractivity contribution in [2.24, 2.45) is 11.7 Å². The molecule has 1 saturated heterocycles. The number of nitrogens with zero attached hydrogens (tertiary/aromatic N) is 3. The van der Waals surface area contributed by atoms with Gasteiger partial charge in [-0.05, 0) is 23.9 Å². The van der Waals surface area contributed by atoms with E-state index < -0.39 is 0 Å². The Hall–Kier alpha value is -1.10. The Bertz CT molecular complexity index is 291. The van der Waals surface area contributed by atoms with Crippen molar-refractivity contribution >= 4 is 5.95 Å². The van der Waals surface area contributed by atoms with Gasteiger partial charge in [0.05, 0.1) is 6.54 Å². The molecular formula is C9H16N4O. The molecule has 1 aromatic heterocycles. The van der Waals surface area contributed by atoms with Gasteiger partial charge >= 0.3 is 0 Å². The smallest absolute Gasteiger partial charge is 0.266 e. The molecule has 0 atom stereocenters. The molecule has 78 valence electrons. The molecule has 2 heterocycles. The minimum Gasteiger partial charge on any atom is -0.338 e. The van der Waals surface area contributed by atoms with Gasteiger partial charge in [0, 0.05) is 13.1 Å². The standard InChI is InChI=1S/C9H16N4O/c1-7-2-4-13(5-3-7)9-11-8(6-10)14-12-9/h7H,2-6,10H2,1H3. The van der Waals surface area contributed by atoms with Crippen LogP contribution in [0.1, 0.15) is 25.7 Å². The van der Waals surface area contributed by atoms with E-state index in [1.165, 1.54) is 12.8 Å². The van der Waals surface area contributed by atoms with E-state index in [2.05, 4.69) is 22.0 Å². The van der Waals surface area contributed by atoms with Crippen LogP contribution in [-0.4, -0.2) is 23.2 Å². The number of rotatable bonds is 2. The summed E-state index contributed by atoms with van der Waals surface area (Å²) in [7, 11) is 0. The van der Waals surface area contributed by atoms with Gasteiger partial charge in [0.1, 0.15) is 0 Å². The molecule has 0 saturated carbocycles. The lowest BCUT2D eigenvalue weighted by atomic mass is 10.00. The van der Waals surface area contributed by atoms with Gasteiger partial charge in [0.25, 0.3) is 5.95 Å². The molecule has 1 aliphatic heterocycles. The predicted octanol–water partition coefficient (Wildman–Crippen LogP) is 0.765. The molecule has 0 bridgehead atoms. The second kappa shape index (κ2) is 3.96. The van der Waals surface area contributed by atoms with E-state index in [-0.39, 0.29) is 0 Å². The highest BCUT2D eigenvalue weighted by Gasteiger charge is 2.19. The van der Waals surface area contributed by atoms with Crippen LogP contribution in [0.4, 0.5) is 5.95 Å². The number of hydrogen-bond donors (Lipinski definition) is 1. The number of nitrogens with two attached hydrogens (primary N) is 1. The van der Waals surface area contributed by atoms with Gasteiger partial charge in [0.15, 0.2) is 0 Å². The van der Waals surface area contributed by atoms with E-state index in [0.717, 1.165) is 19.0 Å². The molecule has 0 aliphatic carbocycles. The molecule has 0 unspecified atom stereocenters. The average Bonchev–Trinajstić information content (AvgIpc) is 2.67. The fraction of sp³-hybridized carbons (Fsp3) is 0.778. The van der Waals surface area contributed by atoms with Crippen LogP contribution >= 0.6 is 0 Å². The van der Waals surface area contributed by atoms with Gasteiger partial charge < -0.3 is 15.2 Å². The Morgan fingerprint density at radius 1 is 1.50 bits per heavy atom. The van der Waals surface area contributed by atoms with Crippen molar-refractivity contribution in [3.05, 3.63) is 5.89 Å². The van der Waals surface area contributed by atoms with Crippen LogP contribution in [0.3, 0.4) is 0 Å². The summed E-state index contributed by atoms with van der Waals surface area (Å²) in [4.78, 5) is 6.36. The maximum Gasteiger partial charge on any atom is 0.266 e. The maximum absolute atomic E-state index is 5.40. The Morgan fingerprint density at radius 3 is 2.79 bits per heavy atom. The molecule has 5 heteroatoms. The molecule has 0 aromatic carbocycles. The summed E-state index contributed by atoms with van der Waals surface area (Å²) < 4.78 is 4.97. The average molecular weight is 196 g/mol. The molecule has 0 amide bonds. The summed E-state index contributed by atoms with van der Waals surface area (Å²) >= 11 is 0. The second-order valence-corrected chi connectivity index (χ2v) is 3.86. The predicted molar refractivity (Wildman–Crippen MR) is 52.8 cm³/mol. The molecule has 0 spiro atoms. The summed E-state index contributed by atoms with van der Waals surface area (Å²) in [5.41, 5.74) is 5.40. The third-order valence-corrected chi connectivity index (χ3v) is 2.70. The SMILES string of the molecule is CC1CCN(c2noc(CN)n2)CC1.